The number of rotatable bonds is 25. The molecule has 2 atom stereocenters. The Morgan fingerprint density at radius 2 is 0.716 bits per heavy atom. The Balaban J connectivity index is 0.712. The summed E-state index contributed by atoms with van der Waals surface area (Å²) in [6.07, 6.45) is 28.9. The van der Waals surface area contributed by atoms with Crippen LogP contribution in [0.25, 0.3) is 0 Å². The third-order valence-corrected chi connectivity index (χ3v) is 21.1. The lowest BCUT2D eigenvalue weighted by atomic mass is 9.52. The lowest BCUT2D eigenvalue weighted by molar-refractivity contribution is -0.150. The molecule has 10 fully saturated rings. The zero-order valence-corrected chi connectivity index (χ0v) is 46.6. The van der Waals surface area contributed by atoms with Crippen LogP contribution in [0.1, 0.15) is 204 Å². The second-order valence-electron chi connectivity index (χ2n) is 26.8. The Morgan fingerprint density at radius 3 is 1.01 bits per heavy atom. The smallest absolute Gasteiger partial charge is 0.232 e. The van der Waals surface area contributed by atoms with Gasteiger partial charge in [0.15, 0.2) is 0 Å². The van der Waals surface area contributed by atoms with Gasteiger partial charge in [-0.25, -0.2) is 0 Å². The number of aryl methyl sites for hydroxylation is 3. The quantitative estimate of drug-likeness (QED) is 0.0657. The highest BCUT2D eigenvalue weighted by Crippen LogP contribution is 2.59. The molecule has 0 aromatic heterocycles. The Kier molecular flexibility index (Phi) is 17.6. The third kappa shape index (κ3) is 13.1. The maximum absolute atomic E-state index is 13.5. The van der Waals surface area contributed by atoms with Crippen LogP contribution in [0.3, 0.4) is 0 Å². The first-order valence-electron chi connectivity index (χ1n) is 30.2. The van der Waals surface area contributed by atoms with Crippen LogP contribution in [0.2, 0.25) is 0 Å². The van der Waals surface area contributed by atoms with Gasteiger partial charge in [0, 0.05) is 57.4 Å². The largest absolute Gasteiger partial charge is 0.356 e. The molecule has 0 heterocycles. The van der Waals surface area contributed by atoms with E-state index in [1.165, 1.54) is 74.5 Å². The van der Waals surface area contributed by atoms with Crippen LogP contribution in [0.4, 0.5) is 0 Å². The highest BCUT2D eigenvalue weighted by molar-refractivity contribution is 5.98. The van der Waals surface area contributed by atoms with Crippen LogP contribution in [0, 0.1) is 53.3 Å². The molecule has 10 saturated carbocycles. The number of carbonyl (C=O) groups is 6. The van der Waals surface area contributed by atoms with E-state index in [9.17, 15) is 28.8 Å². The number of hydrogen-bond donors (Lipinski definition) is 3. The standard InChI is InChI=1S/C62H96N6O6/c1-6-60(34-46-19-42(2)20-47(24-46)35-60)66(3)57(72)31-54(69)63-16-10-7-13-43-21-44(14-8-11-17-64-55(70)32-58(73)67(4)61-36-48-25-49(37-61)27-50(26-48)38-61)23-45(22-43)15-9-12-18-65-56(71)33-59(74)68(5)62-39-51-28-52(40-62)30-53(29-51)41-62/h21-23,42,46-53H,6-20,24-41H2,1-5H3,(H,63,69)(H,64,70)(H,65,71). The highest BCUT2D eigenvalue weighted by Gasteiger charge is 2.55. The lowest BCUT2D eigenvalue weighted by Gasteiger charge is -2.59. The molecule has 0 radical (unpaired) electrons. The zero-order valence-electron chi connectivity index (χ0n) is 46.6. The van der Waals surface area contributed by atoms with Gasteiger partial charge in [0.1, 0.15) is 19.3 Å². The van der Waals surface area contributed by atoms with E-state index in [1.54, 1.807) is 0 Å². The van der Waals surface area contributed by atoms with Gasteiger partial charge in [0.25, 0.3) is 0 Å². The molecule has 2 unspecified atom stereocenters. The van der Waals surface area contributed by atoms with Gasteiger partial charge >= 0.3 is 0 Å². The van der Waals surface area contributed by atoms with E-state index in [1.807, 2.05) is 35.8 Å². The molecule has 3 N–H and O–H groups in total. The molecule has 10 bridgehead atoms. The second-order valence-corrected chi connectivity index (χ2v) is 26.8. The van der Waals surface area contributed by atoms with Crippen molar-refractivity contribution < 1.29 is 28.8 Å². The van der Waals surface area contributed by atoms with E-state index >= 15 is 0 Å². The van der Waals surface area contributed by atoms with Crippen molar-refractivity contribution >= 4 is 35.4 Å². The van der Waals surface area contributed by atoms with Gasteiger partial charge in [0.2, 0.25) is 35.4 Å². The van der Waals surface area contributed by atoms with Crippen LogP contribution in [-0.4, -0.2) is 108 Å². The molecular weight excluding hydrogens is 925 g/mol. The molecule has 11 rings (SSSR count). The molecule has 10 aliphatic rings. The van der Waals surface area contributed by atoms with Crippen molar-refractivity contribution in [1.29, 1.82) is 0 Å². The topological polar surface area (TPSA) is 148 Å². The van der Waals surface area contributed by atoms with E-state index in [2.05, 4.69) is 48.0 Å². The number of benzene rings is 1. The number of hydrogen-bond acceptors (Lipinski definition) is 6. The number of amides is 6. The van der Waals surface area contributed by atoms with E-state index in [0.717, 1.165) is 157 Å². The minimum absolute atomic E-state index is 0.0404. The van der Waals surface area contributed by atoms with Crippen molar-refractivity contribution in [2.75, 3.05) is 40.8 Å². The van der Waals surface area contributed by atoms with Crippen LogP contribution >= 0.6 is 0 Å². The van der Waals surface area contributed by atoms with Crippen molar-refractivity contribution in [3.05, 3.63) is 34.9 Å². The van der Waals surface area contributed by atoms with Crippen LogP contribution in [0.5, 0.6) is 0 Å². The predicted molar refractivity (Wildman–Crippen MR) is 291 cm³/mol. The van der Waals surface area contributed by atoms with Crippen molar-refractivity contribution in [2.45, 2.75) is 223 Å². The van der Waals surface area contributed by atoms with Crippen LogP contribution < -0.4 is 16.0 Å². The summed E-state index contributed by atoms with van der Waals surface area (Å²) in [6.45, 7) is 6.20. The number of unbranched alkanes of at least 4 members (excludes halogenated alkanes) is 3. The van der Waals surface area contributed by atoms with E-state index in [4.69, 9.17) is 0 Å². The summed E-state index contributed by atoms with van der Waals surface area (Å²) in [5.74, 6) is 5.87. The summed E-state index contributed by atoms with van der Waals surface area (Å²) in [5.41, 5.74) is 3.58. The van der Waals surface area contributed by atoms with Crippen molar-refractivity contribution in [2.24, 2.45) is 53.3 Å². The molecule has 0 spiro atoms. The van der Waals surface area contributed by atoms with Crippen molar-refractivity contribution in [1.82, 2.24) is 30.7 Å². The maximum Gasteiger partial charge on any atom is 0.232 e. The minimum Gasteiger partial charge on any atom is -0.356 e. The van der Waals surface area contributed by atoms with Crippen LogP contribution in [-0.2, 0) is 48.0 Å². The normalized spacial score (nSPS) is 33.0. The maximum atomic E-state index is 13.5. The zero-order chi connectivity index (χ0) is 52.2. The molecule has 0 aliphatic heterocycles. The SMILES string of the molecule is CCC1(N(C)C(=O)CC(=O)NCCCCc2cc(CCCCNC(=O)CC(=O)N(C)C34CC5CC(CC(C5)C3)C4)cc(CCCCNC(=O)CC(=O)N(C)C34CC5CC(CC(C5)C3)C4)c2)CC2CC(C)CC(C2)C1. The van der Waals surface area contributed by atoms with Gasteiger partial charge in [-0.3, -0.25) is 28.8 Å². The van der Waals surface area contributed by atoms with E-state index in [-0.39, 0.29) is 71.3 Å². The monoisotopic (exact) mass is 1020 g/mol. The average molecular weight is 1020 g/mol. The summed E-state index contributed by atoms with van der Waals surface area (Å²) < 4.78 is 0. The summed E-state index contributed by atoms with van der Waals surface area (Å²) in [4.78, 5) is 85.3. The molecule has 6 amide bonds. The average Bonchev–Trinajstić information content (AvgIpc) is 3.34. The molecular formula is C62H96N6O6. The summed E-state index contributed by atoms with van der Waals surface area (Å²) in [7, 11) is 5.82. The Morgan fingerprint density at radius 1 is 0.432 bits per heavy atom. The molecule has 1 aromatic rings. The lowest BCUT2D eigenvalue weighted by Crippen LogP contribution is -2.60. The predicted octanol–water partition coefficient (Wildman–Crippen LogP) is 9.48. The van der Waals surface area contributed by atoms with Gasteiger partial charge in [-0.1, -0.05) is 32.0 Å². The first-order valence-corrected chi connectivity index (χ1v) is 30.2. The summed E-state index contributed by atoms with van der Waals surface area (Å²) in [5, 5.41) is 9.14. The third-order valence-electron chi connectivity index (χ3n) is 21.1. The summed E-state index contributed by atoms with van der Waals surface area (Å²) in [6, 6.07) is 6.90. The first-order chi connectivity index (χ1) is 35.5. The molecule has 12 heteroatoms. The Labute approximate surface area is 445 Å². The number of nitrogens with zero attached hydrogens (tertiary/aromatic N) is 3. The molecule has 12 nitrogen and oxygen atoms in total. The summed E-state index contributed by atoms with van der Waals surface area (Å²) >= 11 is 0. The molecule has 410 valence electrons. The molecule has 74 heavy (non-hydrogen) atoms. The van der Waals surface area contributed by atoms with Gasteiger partial charge < -0.3 is 30.7 Å². The minimum atomic E-state index is -0.192. The van der Waals surface area contributed by atoms with Crippen molar-refractivity contribution in [3.63, 3.8) is 0 Å². The Hall–Kier alpha value is -3.96. The molecule has 1 aromatic carbocycles. The van der Waals surface area contributed by atoms with Gasteiger partial charge in [-0.05, 0) is 243 Å². The van der Waals surface area contributed by atoms with Gasteiger partial charge in [-0.2, -0.15) is 0 Å². The molecule has 0 saturated heterocycles. The fourth-order valence-electron chi connectivity index (χ4n) is 18.2. The fraction of sp³-hybridized carbons (Fsp3) is 0.806. The number of fused-ring (bicyclic) bond motifs is 2. The number of carbonyl (C=O) groups excluding carboxylic acids is 6. The van der Waals surface area contributed by atoms with E-state index in [0.29, 0.717) is 31.5 Å². The van der Waals surface area contributed by atoms with Crippen LogP contribution in [0.15, 0.2) is 18.2 Å². The number of nitrogens with one attached hydrogen (secondary N) is 3. The van der Waals surface area contributed by atoms with Crippen molar-refractivity contribution in [3.8, 4) is 0 Å². The second kappa shape index (κ2) is 23.7. The van der Waals surface area contributed by atoms with E-state index < -0.39 is 0 Å². The van der Waals surface area contributed by atoms with Gasteiger partial charge in [-0.15, -0.1) is 0 Å². The first kappa shape index (κ1) is 54.8. The highest BCUT2D eigenvalue weighted by atomic mass is 16.2. The molecule has 10 aliphatic carbocycles. The Bertz CT molecular complexity index is 2000. The fourth-order valence-corrected chi connectivity index (χ4v) is 18.2. The van der Waals surface area contributed by atoms with Gasteiger partial charge in [0.05, 0.1) is 0 Å².